The topological polar surface area (TPSA) is 68.7 Å². The van der Waals surface area contributed by atoms with Crippen molar-refractivity contribution in [1.82, 2.24) is 4.98 Å². The lowest BCUT2D eigenvalue weighted by atomic mass is 10.2. The fourth-order valence-corrected chi connectivity index (χ4v) is 2.20. The molecule has 6 nitrogen and oxygen atoms in total. The number of carbonyl (C=O) groups is 2. The second-order valence-electron chi connectivity index (χ2n) is 6.62. The number of hydrogen-bond acceptors (Lipinski definition) is 5. The number of aromatic nitrogens is 1. The van der Waals surface area contributed by atoms with E-state index in [2.05, 4.69) is 9.72 Å². The van der Waals surface area contributed by atoms with Gasteiger partial charge in [0, 0.05) is 17.3 Å². The number of hydrogen-bond donors (Lipinski definition) is 0. The summed E-state index contributed by atoms with van der Waals surface area (Å²) in [5, 5.41) is 0. The number of para-hydroxylation sites is 1. The van der Waals surface area contributed by atoms with Gasteiger partial charge in [-0.3, -0.25) is 9.69 Å². The Morgan fingerprint density at radius 3 is 2.48 bits per heavy atom. The number of benzene rings is 1. The highest BCUT2D eigenvalue weighted by Crippen LogP contribution is 2.25. The summed E-state index contributed by atoms with van der Waals surface area (Å²) in [5.74, 6) is 0.160. The SMILES string of the molecule is CC(C)(C)OC(=O)N(Cc1ccccc1OC(F)F)c1ccc(C=O)cn1. The molecule has 0 aliphatic carbocycles. The Bertz CT molecular complexity index is 789. The molecule has 0 radical (unpaired) electrons. The van der Waals surface area contributed by atoms with Crippen LogP contribution in [-0.2, 0) is 11.3 Å². The highest BCUT2D eigenvalue weighted by Gasteiger charge is 2.25. The Balaban J connectivity index is 2.37. The number of amides is 1. The molecular weight excluding hydrogens is 358 g/mol. The minimum atomic E-state index is -2.99. The summed E-state index contributed by atoms with van der Waals surface area (Å²) in [5.41, 5.74) is -0.0777. The van der Waals surface area contributed by atoms with Crippen LogP contribution in [0.15, 0.2) is 42.6 Å². The van der Waals surface area contributed by atoms with Gasteiger partial charge in [0.2, 0.25) is 0 Å². The zero-order valence-electron chi connectivity index (χ0n) is 15.2. The van der Waals surface area contributed by atoms with Gasteiger partial charge in [-0.05, 0) is 39.0 Å². The predicted molar refractivity (Wildman–Crippen MR) is 95.1 cm³/mol. The summed E-state index contributed by atoms with van der Waals surface area (Å²) in [6.07, 6.45) is 1.22. The quantitative estimate of drug-likeness (QED) is 0.695. The number of ether oxygens (including phenoxy) is 2. The summed E-state index contributed by atoms with van der Waals surface area (Å²) < 4.78 is 35.2. The van der Waals surface area contributed by atoms with E-state index in [-0.39, 0.29) is 18.1 Å². The number of pyridine rings is 1. The Morgan fingerprint density at radius 2 is 1.93 bits per heavy atom. The van der Waals surface area contributed by atoms with E-state index in [1.165, 1.54) is 29.3 Å². The molecule has 0 aliphatic rings. The average molecular weight is 378 g/mol. The van der Waals surface area contributed by atoms with Crippen molar-refractivity contribution in [2.75, 3.05) is 4.90 Å². The van der Waals surface area contributed by atoms with Crippen LogP contribution in [0.4, 0.5) is 19.4 Å². The molecular formula is C19H20F2N2O4. The molecule has 2 aromatic rings. The average Bonchev–Trinajstić information content (AvgIpc) is 2.59. The van der Waals surface area contributed by atoms with Gasteiger partial charge in [0.1, 0.15) is 17.2 Å². The molecule has 0 saturated carbocycles. The molecule has 2 rings (SSSR count). The molecule has 0 aliphatic heterocycles. The molecule has 0 N–H and O–H groups in total. The fraction of sp³-hybridized carbons (Fsp3) is 0.316. The van der Waals surface area contributed by atoms with Gasteiger partial charge < -0.3 is 9.47 Å². The van der Waals surface area contributed by atoms with Crippen LogP contribution < -0.4 is 9.64 Å². The Morgan fingerprint density at radius 1 is 1.22 bits per heavy atom. The standard InChI is InChI=1S/C19H20F2N2O4/c1-19(2,3)27-18(25)23(16-9-8-13(12-24)10-22-16)11-14-6-4-5-7-15(14)26-17(20)21/h4-10,12,17H,11H2,1-3H3. The highest BCUT2D eigenvalue weighted by molar-refractivity contribution is 5.87. The number of nitrogens with zero attached hydrogens (tertiary/aromatic N) is 2. The maximum atomic E-state index is 12.7. The lowest BCUT2D eigenvalue weighted by molar-refractivity contribution is -0.0504. The van der Waals surface area contributed by atoms with Gasteiger partial charge in [0.25, 0.3) is 0 Å². The largest absolute Gasteiger partial charge is 0.443 e. The number of rotatable bonds is 6. The molecule has 0 fully saturated rings. The smallest absolute Gasteiger partial charge is 0.416 e. The summed E-state index contributed by atoms with van der Waals surface area (Å²) in [6, 6.07) is 9.12. The molecule has 8 heteroatoms. The van der Waals surface area contributed by atoms with Crippen LogP contribution in [0.3, 0.4) is 0 Å². The highest BCUT2D eigenvalue weighted by atomic mass is 19.3. The molecule has 1 aromatic heterocycles. The summed E-state index contributed by atoms with van der Waals surface area (Å²) >= 11 is 0. The van der Waals surface area contributed by atoms with Crippen LogP contribution in [0, 0.1) is 0 Å². The van der Waals surface area contributed by atoms with Crippen molar-refractivity contribution in [2.24, 2.45) is 0 Å². The lowest BCUT2D eigenvalue weighted by Crippen LogP contribution is -2.37. The molecule has 0 bridgehead atoms. The van der Waals surface area contributed by atoms with Gasteiger partial charge in [-0.25, -0.2) is 9.78 Å². The van der Waals surface area contributed by atoms with E-state index in [4.69, 9.17) is 4.74 Å². The summed E-state index contributed by atoms with van der Waals surface area (Å²) in [6.45, 7) is 2.02. The van der Waals surface area contributed by atoms with Crippen molar-refractivity contribution in [2.45, 2.75) is 39.5 Å². The van der Waals surface area contributed by atoms with Crippen LogP contribution in [0.5, 0.6) is 5.75 Å². The third-order valence-corrected chi connectivity index (χ3v) is 3.31. The van der Waals surface area contributed by atoms with Gasteiger partial charge in [-0.1, -0.05) is 18.2 Å². The first-order valence-corrected chi connectivity index (χ1v) is 8.14. The lowest BCUT2D eigenvalue weighted by Gasteiger charge is -2.27. The number of anilines is 1. The molecule has 0 atom stereocenters. The molecule has 1 aromatic carbocycles. The van der Waals surface area contributed by atoms with Crippen LogP contribution in [0.1, 0.15) is 36.7 Å². The monoisotopic (exact) mass is 378 g/mol. The van der Waals surface area contributed by atoms with E-state index in [0.717, 1.165) is 0 Å². The van der Waals surface area contributed by atoms with Crippen LogP contribution in [-0.4, -0.2) is 29.6 Å². The predicted octanol–water partition coefficient (Wildman–Crippen LogP) is 4.44. The van der Waals surface area contributed by atoms with Crippen LogP contribution >= 0.6 is 0 Å². The van der Waals surface area contributed by atoms with Gasteiger partial charge in [-0.15, -0.1) is 0 Å². The first-order chi connectivity index (χ1) is 12.7. The van der Waals surface area contributed by atoms with Crippen LogP contribution in [0.25, 0.3) is 0 Å². The third kappa shape index (κ3) is 6.02. The first-order valence-electron chi connectivity index (χ1n) is 8.14. The first kappa shape index (κ1) is 20.3. The Kier molecular flexibility index (Phi) is 6.44. The third-order valence-electron chi connectivity index (χ3n) is 3.31. The molecule has 144 valence electrons. The minimum Gasteiger partial charge on any atom is -0.443 e. The van der Waals surface area contributed by atoms with Gasteiger partial charge in [0.05, 0.1) is 6.54 Å². The van der Waals surface area contributed by atoms with E-state index < -0.39 is 18.3 Å². The zero-order valence-corrected chi connectivity index (χ0v) is 15.2. The number of carbonyl (C=O) groups excluding carboxylic acids is 2. The second-order valence-corrected chi connectivity index (χ2v) is 6.62. The molecule has 0 saturated heterocycles. The van der Waals surface area contributed by atoms with E-state index in [1.807, 2.05) is 0 Å². The van der Waals surface area contributed by atoms with E-state index in [0.29, 0.717) is 17.4 Å². The summed E-state index contributed by atoms with van der Waals surface area (Å²) in [4.78, 5) is 28.8. The maximum absolute atomic E-state index is 12.7. The van der Waals surface area contributed by atoms with Gasteiger partial charge >= 0.3 is 12.7 Å². The van der Waals surface area contributed by atoms with Crippen LogP contribution in [0.2, 0.25) is 0 Å². The van der Waals surface area contributed by atoms with Crippen molar-refractivity contribution in [1.29, 1.82) is 0 Å². The number of aldehydes is 1. The fourth-order valence-electron chi connectivity index (χ4n) is 2.20. The molecule has 27 heavy (non-hydrogen) atoms. The van der Waals surface area contributed by atoms with Gasteiger partial charge in [-0.2, -0.15) is 8.78 Å². The zero-order chi connectivity index (χ0) is 20.0. The molecule has 1 amide bonds. The second kappa shape index (κ2) is 8.57. The summed E-state index contributed by atoms with van der Waals surface area (Å²) in [7, 11) is 0. The molecule has 0 spiro atoms. The number of alkyl halides is 2. The molecule has 1 heterocycles. The van der Waals surface area contributed by atoms with Crippen molar-refractivity contribution < 1.29 is 27.8 Å². The minimum absolute atomic E-state index is 0.0504. The van der Waals surface area contributed by atoms with Crippen molar-refractivity contribution in [3.8, 4) is 5.75 Å². The van der Waals surface area contributed by atoms with E-state index in [9.17, 15) is 18.4 Å². The van der Waals surface area contributed by atoms with Crippen molar-refractivity contribution in [3.05, 3.63) is 53.7 Å². The van der Waals surface area contributed by atoms with E-state index >= 15 is 0 Å². The van der Waals surface area contributed by atoms with Crippen molar-refractivity contribution in [3.63, 3.8) is 0 Å². The maximum Gasteiger partial charge on any atom is 0.416 e. The van der Waals surface area contributed by atoms with E-state index in [1.54, 1.807) is 39.0 Å². The molecule has 0 unspecified atom stereocenters. The van der Waals surface area contributed by atoms with Gasteiger partial charge in [0.15, 0.2) is 6.29 Å². The number of halogens is 2. The normalized spacial score (nSPS) is 11.2. The Hall–Kier alpha value is -3.03. The van der Waals surface area contributed by atoms with Crippen molar-refractivity contribution >= 4 is 18.2 Å². The Labute approximate surface area is 155 Å².